The quantitative estimate of drug-likeness (QED) is 0.579. The molecule has 0 aliphatic carbocycles. The van der Waals surface area contributed by atoms with Gasteiger partial charge in [0.25, 0.3) is 15.9 Å². The van der Waals surface area contributed by atoms with Crippen LogP contribution in [-0.2, 0) is 21.9 Å². The van der Waals surface area contributed by atoms with E-state index in [1.54, 1.807) is 17.5 Å². The van der Waals surface area contributed by atoms with Gasteiger partial charge < -0.3 is 9.30 Å². The maximum Gasteiger partial charge on any atom is 0.266 e. The van der Waals surface area contributed by atoms with E-state index in [4.69, 9.17) is 4.74 Å². The third-order valence-corrected chi connectivity index (χ3v) is 9.47. The normalized spacial score (nSPS) is 18.7. The minimum atomic E-state index is -3.71. The number of benzene rings is 1. The van der Waals surface area contributed by atoms with Crippen LogP contribution in [0, 0.1) is 0 Å². The first-order valence-corrected chi connectivity index (χ1v) is 12.9. The summed E-state index contributed by atoms with van der Waals surface area (Å²) in [6.07, 6.45) is 2.02. The maximum atomic E-state index is 13.1. The Kier molecular flexibility index (Phi) is 6.10. The van der Waals surface area contributed by atoms with Gasteiger partial charge in [-0.15, -0.1) is 11.3 Å². The molecular weight excluding hydrogens is 442 g/mol. The lowest BCUT2D eigenvalue weighted by atomic mass is 10.0. The zero-order valence-corrected chi connectivity index (χ0v) is 19.2. The number of hydrogen-bond acceptors (Lipinski definition) is 6. The van der Waals surface area contributed by atoms with E-state index in [2.05, 4.69) is 4.99 Å². The fourth-order valence-electron chi connectivity index (χ4n) is 3.68. The molecule has 10 heteroatoms. The third-order valence-electron chi connectivity index (χ3n) is 5.09. The second kappa shape index (κ2) is 8.62. The lowest BCUT2D eigenvalue weighted by molar-refractivity contribution is -0.122. The standard InChI is InChI=1S/C20H23N3O4S3/c1-3-27-15-9-6-10-16-18(15)22(2)20(29-16)21-19(24)14-8-4-5-12-23(14)30(25,26)17-11-7-13-28-17/h6-7,9-11,13-14H,3-5,8,12H2,1-2H3. The average molecular weight is 466 g/mol. The molecule has 1 amide bonds. The summed E-state index contributed by atoms with van der Waals surface area (Å²) < 4.78 is 36.2. The van der Waals surface area contributed by atoms with Gasteiger partial charge in [0.1, 0.15) is 21.5 Å². The van der Waals surface area contributed by atoms with E-state index in [-0.39, 0.29) is 4.21 Å². The number of aryl methyl sites for hydroxylation is 1. The number of thiophene rings is 1. The number of para-hydroxylation sites is 1. The molecule has 0 spiro atoms. The van der Waals surface area contributed by atoms with E-state index in [9.17, 15) is 13.2 Å². The Morgan fingerprint density at radius 3 is 2.83 bits per heavy atom. The number of fused-ring (bicyclic) bond motifs is 1. The average Bonchev–Trinajstić information content (AvgIpc) is 3.38. The molecule has 1 aromatic carbocycles. The van der Waals surface area contributed by atoms with Crippen molar-refractivity contribution in [2.75, 3.05) is 13.2 Å². The molecule has 1 aliphatic rings. The van der Waals surface area contributed by atoms with Gasteiger partial charge in [0, 0.05) is 13.6 Å². The molecule has 1 fully saturated rings. The van der Waals surface area contributed by atoms with Crippen LogP contribution >= 0.6 is 22.7 Å². The fraction of sp³-hybridized carbons (Fsp3) is 0.400. The van der Waals surface area contributed by atoms with Crippen LogP contribution in [0.4, 0.5) is 0 Å². The molecule has 3 aromatic rings. The van der Waals surface area contributed by atoms with Crippen molar-refractivity contribution < 1.29 is 17.9 Å². The van der Waals surface area contributed by atoms with Crippen molar-refractivity contribution in [3.05, 3.63) is 40.5 Å². The first-order chi connectivity index (χ1) is 14.4. The zero-order valence-electron chi connectivity index (χ0n) is 16.8. The van der Waals surface area contributed by atoms with Crippen LogP contribution in [-0.4, -0.2) is 42.4 Å². The highest BCUT2D eigenvalue weighted by molar-refractivity contribution is 7.91. The van der Waals surface area contributed by atoms with Gasteiger partial charge in [-0.1, -0.05) is 29.9 Å². The van der Waals surface area contributed by atoms with E-state index >= 15 is 0 Å². The lowest BCUT2D eigenvalue weighted by Crippen LogP contribution is -2.47. The van der Waals surface area contributed by atoms with Gasteiger partial charge >= 0.3 is 0 Å². The molecule has 0 saturated carbocycles. The van der Waals surface area contributed by atoms with Gasteiger partial charge in [0.05, 0.1) is 11.3 Å². The number of ether oxygens (including phenoxy) is 1. The van der Waals surface area contributed by atoms with Crippen molar-refractivity contribution in [1.82, 2.24) is 8.87 Å². The van der Waals surface area contributed by atoms with Crippen LogP contribution in [0.25, 0.3) is 10.2 Å². The highest BCUT2D eigenvalue weighted by Gasteiger charge is 2.38. The van der Waals surface area contributed by atoms with Crippen molar-refractivity contribution in [3.63, 3.8) is 0 Å². The summed E-state index contributed by atoms with van der Waals surface area (Å²) in [6.45, 7) is 2.79. The molecule has 1 saturated heterocycles. The summed E-state index contributed by atoms with van der Waals surface area (Å²) in [5, 5.41) is 1.73. The summed E-state index contributed by atoms with van der Waals surface area (Å²) in [6, 6.07) is 8.26. The number of sulfonamides is 1. The maximum absolute atomic E-state index is 13.1. The van der Waals surface area contributed by atoms with Gasteiger partial charge in [-0.3, -0.25) is 4.79 Å². The van der Waals surface area contributed by atoms with E-state index in [1.165, 1.54) is 27.0 Å². The number of carbonyl (C=O) groups excluding carboxylic acids is 1. The van der Waals surface area contributed by atoms with E-state index in [0.717, 1.165) is 28.8 Å². The Hall–Kier alpha value is -2.01. The van der Waals surface area contributed by atoms with Crippen LogP contribution in [0.5, 0.6) is 5.75 Å². The molecule has 3 heterocycles. The van der Waals surface area contributed by atoms with Gasteiger partial charge in [0.2, 0.25) is 0 Å². The SMILES string of the molecule is CCOc1cccc2sc(=NC(=O)C3CCCCN3S(=O)(=O)c3cccs3)n(C)c12. The second-order valence-corrected chi connectivity index (χ2v) is 11.1. The van der Waals surface area contributed by atoms with E-state index < -0.39 is 22.0 Å². The number of amides is 1. The van der Waals surface area contributed by atoms with Crippen molar-refractivity contribution in [1.29, 1.82) is 0 Å². The van der Waals surface area contributed by atoms with Crippen molar-refractivity contribution in [2.24, 2.45) is 12.0 Å². The number of thiazole rings is 1. The third kappa shape index (κ3) is 3.84. The Balaban J connectivity index is 1.72. The molecule has 1 aliphatic heterocycles. The number of piperidine rings is 1. The largest absolute Gasteiger partial charge is 0.492 e. The summed E-state index contributed by atoms with van der Waals surface area (Å²) in [5.41, 5.74) is 0.877. The molecule has 1 unspecified atom stereocenters. The molecule has 0 N–H and O–H groups in total. The number of carbonyl (C=O) groups is 1. The zero-order chi connectivity index (χ0) is 21.3. The molecule has 160 valence electrons. The predicted molar refractivity (Wildman–Crippen MR) is 118 cm³/mol. The highest BCUT2D eigenvalue weighted by atomic mass is 32.2. The van der Waals surface area contributed by atoms with Crippen LogP contribution in [0.3, 0.4) is 0 Å². The molecule has 7 nitrogen and oxygen atoms in total. The first kappa shape index (κ1) is 21.2. The second-order valence-electron chi connectivity index (χ2n) is 6.99. The van der Waals surface area contributed by atoms with Crippen LogP contribution in [0.15, 0.2) is 44.9 Å². The molecule has 30 heavy (non-hydrogen) atoms. The lowest BCUT2D eigenvalue weighted by Gasteiger charge is -2.31. The molecule has 2 aromatic heterocycles. The minimum Gasteiger partial charge on any atom is -0.492 e. The molecular formula is C20H23N3O4S3. The fourth-order valence-corrected chi connectivity index (χ4v) is 7.49. The Labute approximate surface area is 183 Å². The van der Waals surface area contributed by atoms with Gasteiger partial charge in [-0.05, 0) is 43.3 Å². The molecule has 4 rings (SSSR count). The Morgan fingerprint density at radius 2 is 2.10 bits per heavy atom. The summed E-state index contributed by atoms with van der Waals surface area (Å²) in [5.74, 6) is 0.317. The smallest absolute Gasteiger partial charge is 0.266 e. The van der Waals surface area contributed by atoms with Crippen LogP contribution < -0.4 is 9.54 Å². The number of nitrogens with zero attached hydrogens (tertiary/aromatic N) is 3. The van der Waals surface area contributed by atoms with E-state index in [0.29, 0.717) is 24.4 Å². The van der Waals surface area contributed by atoms with Crippen molar-refractivity contribution >= 4 is 48.8 Å². The van der Waals surface area contributed by atoms with Gasteiger partial charge in [-0.25, -0.2) is 8.42 Å². The summed E-state index contributed by atoms with van der Waals surface area (Å²) in [7, 11) is -1.86. The van der Waals surface area contributed by atoms with Gasteiger partial charge in [-0.2, -0.15) is 9.30 Å². The summed E-state index contributed by atoms with van der Waals surface area (Å²) in [4.78, 5) is 18.0. The Bertz CT molecular complexity index is 1230. The highest BCUT2D eigenvalue weighted by Crippen LogP contribution is 2.29. The number of hydrogen-bond donors (Lipinski definition) is 0. The number of aromatic nitrogens is 1. The summed E-state index contributed by atoms with van der Waals surface area (Å²) >= 11 is 2.56. The minimum absolute atomic E-state index is 0.260. The molecule has 1 atom stereocenters. The van der Waals surface area contributed by atoms with Gasteiger partial charge in [0.15, 0.2) is 4.80 Å². The van der Waals surface area contributed by atoms with Crippen molar-refractivity contribution in [2.45, 2.75) is 36.4 Å². The van der Waals surface area contributed by atoms with Crippen LogP contribution in [0.1, 0.15) is 26.2 Å². The van der Waals surface area contributed by atoms with E-state index in [1.807, 2.05) is 36.7 Å². The molecule has 0 radical (unpaired) electrons. The topological polar surface area (TPSA) is 81.0 Å². The number of rotatable bonds is 5. The predicted octanol–water partition coefficient (Wildman–Crippen LogP) is 3.37. The van der Waals surface area contributed by atoms with Crippen LogP contribution in [0.2, 0.25) is 0 Å². The Morgan fingerprint density at radius 1 is 1.27 bits per heavy atom. The van der Waals surface area contributed by atoms with Crippen molar-refractivity contribution in [3.8, 4) is 5.75 Å². The first-order valence-electron chi connectivity index (χ1n) is 9.78. The monoisotopic (exact) mass is 465 g/mol. The molecule has 0 bridgehead atoms.